The van der Waals surface area contributed by atoms with Crippen molar-refractivity contribution >= 4 is 11.9 Å². The fourth-order valence-electron chi connectivity index (χ4n) is 8.82. The Morgan fingerprint density at radius 3 is 0.410 bits per heavy atom. The van der Waals surface area contributed by atoms with E-state index < -0.39 is 11.9 Å². The van der Waals surface area contributed by atoms with Crippen LogP contribution in [0.2, 0.25) is 0 Å². The molecule has 0 N–H and O–H groups in total. The molecular weight excluding hydrogens is 800 g/mol. The van der Waals surface area contributed by atoms with E-state index in [0.717, 1.165) is 25.7 Å². The summed E-state index contributed by atoms with van der Waals surface area (Å²) in [5.74, 6) is -1.80. The maximum Gasteiger partial charge on any atom is 2.00 e. The smallest absolute Gasteiger partial charge is 0.550 e. The van der Waals surface area contributed by atoms with Gasteiger partial charge in [0.2, 0.25) is 0 Å². The number of carboxylic acid groups (broad SMARTS) is 2. The van der Waals surface area contributed by atoms with Crippen LogP contribution in [0.5, 0.6) is 0 Å². The van der Waals surface area contributed by atoms with Crippen LogP contribution in [0, 0.1) is 0 Å². The zero-order valence-electron chi connectivity index (χ0n) is 41.7. The second-order valence-corrected chi connectivity index (χ2v) is 19.2. The van der Waals surface area contributed by atoms with Gasteiger partial charge in [-0.2, -0.15) is 0 Å². The van der Waals surface area contributed by atoms with Crippen molar-refractivity contribution in [3.63, 3.8) is 0 Å². The Balaban J connectivity index is -0.00000109. The van der Waals surface area contributed by atoms with E-state index >= 15 is 0 Å². The van der Waals surface area contributed by atoms with Gasteiger partial charge in [-0.1, -0.05) is 322 Å². The first-order chi connectivity index (χ1) is 29.5. The zero-order chi connectivity index (χ0) is 43.9. The number of hydrogen-bond donors (Lipinski definition) is 0. The molecule has 0 heterocycles. The van der Waals surface area contributed by atoms with Crippen molar-refractivity contribution in [2.45, 2.75) is 348 Å². The van der Waals surface area contributed by atoms with Gasteiger partial charge >= 0.3 is 17.1 Å². The van der Waals surface area contributed by atoms with Crippen LogP contribution < -0.4 is 10.2 Å². The molecule has 0 aromatic rings. The van der Waals surface area contributed by atoms with Crippen LogP contribution >= 0.6 is 0 Å². The second-order valence-electron chi connectivity index (χ2n) is 19.2. The van der Waals surface area contributed by atoms with Crippen LogP contribution in [0.4, 0.5) is 0 Å². The summed E-state index contributed by atoms with van der Waals surface area (Å²) in [6.07, 6.45) is 69.3. The number of aliphatic carboxylic acids is 2. The van der Waals surface area contributed by atoms with Gasteiger partial charge in [0.25, 0.3) is 0 Å². The van der Waals surface area contributed by atoms with Crippen molar-refractivity contribution in [3.05, 3.63) is 0 Å². The van der Waals surface area contributed by atoms with Gasteiger partial charge in [-0.3, -0.25) is 0 Å². The Labute approximate surface area is 394 Å². The number of hydrogen-bond acceptors (Lipinski definition) is 4. The Kier molecular flexibility index (Phi) is 65.3. The number of carbonyl (C=O) groups is 2. The first-order valence-electron chi connectivity index (χ1n) is 27.9. The summed E-state index contributed by atoms with van der Waals surface area (Å²) in [5.41, 5.74) is 0. The largest absolute Gasteiger partial charge is 2.00 e. The Hall–Kier alpha value is -0.541. The van der Waals surface area contributed by atoms with Crippen molar-refractivity contribution < 1.29 is 36.9 Å². The summed E-state index contributed by atoms with van der Waals surface area (Å²) >= 11 is 0. The molecule has 0 aliphatic carbocycles. The van der Waals surface area contributed by atoms with Crippen LogP contribution in [0.15, 0.2) is 0 Å². The topological polar surface area (TPSA) is 80.3 Å². The van der Waals surface area contributed by atoms with Gasteiger partial charge in [0, 0.05) is 11.9 Å². The quantitative estimate of drug-likeness (QED) is 0.0450. The average molecular weight is 911 g/mol. The fourth-order valence-corrected chi connectivity index (χ4v) is 8.82. The minimum atomic E-state index is -0.899. The number of unbranched alkanes of at least 4 members (excludes halogenated alkanes) is 48. The van der Waals surface area contributed by atoms with Crippen LogP contribution in [-0.4, -0.2) is 11.9 Å². The monoisotopic (exact) mass is 910 g/mol. The van der Waals surface area contributed by atoms with E-state index in [9.17, 15) is 19.8 Å². The van der Waals surface area contributed by atoms with E-state index in [0.29, 0.717) is 0 Å². The van der Waals surface area contributed by atoms with Crippen molar-refractivity contribution in [1.29, 1.82) is 0 Å². The molecule has 0 saturated carbocycles. The predicted octanol–water partition coefficient (Wildman–Crippen LogP) is 17.8. The summed E-state index contributed by atoms with van der Waals surface area (Å²) in [5, 5.41) is 20.6. The minimum absolute atomic E-state index is 0. The molecule has 0 bridgehead atoms. The summed E-state index contributed by atoms with van der Waals surface area (Å²) in [7, 11) is 0. The normalized spacial score (nSPS) is 11.0. The van der Waals surface area contributed by atoms with E-state index in [2.05, 4.69) is 13.8 Å². The first-order valence-corrected chi connectivity index (χ1v) is 27.9. The van der Waals surface area contributed by atoms with Crippen molar-refractivity contribution in [2.75, 3.05) is 0 Å². The Morgan fingerprint density at radius 2 is 0.311 bits per heavy atom. The van der Waals surface area contributed by atoms with E-state index in [1.165, 1.54) is 295 Å². The summed E-state index contributed by atoms with van der Waals surface area (Å²) in [4.78, 5) is 20.6. The summed E-state index contributed by atoms with van der Waals surface area (Å²) < 4.78 is 0. The van der Waals surface area contributed by atoms with Crippen molar-refractivity contribution in [3.8, 4) is 0 Å². The maximum atomic E-state index is 10.3. The molecule has 61 heavy (non-hydrogen) atoms. The van der Waals surface area contributed by atoms with E-state index in [-0.39, 0.29) is 29.9 Å². The average Bonchev–Trinajstić information content (AvgIpc) is 3.23. The van der Waals surface area contributed by atoms with Gasteiger partial charge in [0.1, 0.15) is 0 Å². The van der Waals surface area contributed by atoms with Gasteiger partial charge in [0.05, 0.1) is 0 Å². The standard InChI is InChI=1S/2C28H56O2.Cu/c2*1-2-3-4-5-6-7-8-9-10-11-12-13-14-15-16-17-18-19-20-21-22-23-24-25-26-27-28(29)30;/h2*2-27H2,1H3,(H,29,30);/q;;+2/p-2. The van der Waals surface area contributed by atoms with Crippen LogP contribution in [-0.2, 0) is 26.7 Å². The first kappa shape index (κ1) is 64.7. The third-order valence-corrected chi connectivity index (χ3v) is 13.0. The molecule has 0 rings (SSSR count). The van der Waals surface area contributed by atoms with Crippen molar-refractivity contribution in [2.24, 2.45) is 0 Å². The SMILES string of the molecule is CCCCCCCCCCCCCCCCCCCCCCCCCCCC(=O)[O-].CCCCCCCCCCCCCCCCCCCCCCCCCCCC(=O)[O-].[Cu+2]. The van der Waals surface area contributed by atoms with E-state index in [1.54, 1.807) is 0 Å². The Bertz CT molecular complexity index is 725. The van der Waals surface area contributed by atoms with Gasteiger partial charge < -0.3 is 19.8 Å². The van der Waals surface area contributed by atoms with E-state index in [1.807, 2.05) is 0 Å². The molecule has 0 saturated heterocycles. The molecule has 0 aromatic heterocycles. The molecule has 4 nitrogen and oxygen atoms in total. The Morgan fingerprint density at radius 1 is 0.213 bits per heavy atom. The van der Waals surface area contributed by atoms with Gasteiger partial charge in [-0.25, -0.2) is 0 Å². The molecule has 5 heteroatoms. The number of rotatable bonds is 52. The molecule has 0 aromatic carbocycles. The van der Waals surface area contributed by atoms with Gasteiger partial charge in [-0.05, 0) is 25.7 Å². The van der Waals surface area contributed by atoms with Gasteiger partial charge in [-0.15, -0.1) is 0 Å². The van der Waals surface area contributed by atoms with Crippen LogP contribution in [0.3, 0.4) is 0 Å². The van der Waals surface area contributed by atoms with Crippen LogP contribution in [0.25, 0.3) is 0 Å². The molecule has 1 radical (unpaired) electrons. The minimum Gasteiger partial charge on any atom is -0.550 e. The number of carbonyl (C=O) groups excluding carboxylic acids is 2. The van der Waals surface area contributed by atoms with Crippen molar-refractivity contribution in [1.82, 2.24) is 0 Å². The fraction of sp³-hybridized carbons (Fsp3) is 0.964. The third kappa shape index (κ3) is 68.7. The van der Waals surface area contributed by atoms with Crippen LogP contribution in [0.1, 0.15) is 348 Å². The molecule has 0 atom stereocenters. The third-order valence-electron chi connectivity index (χ3n) is 13.0. The maximum absolute atomic E-state index is 10.3. The van der Waals surface area contributed by atoms with E-state index in [4.69, 9.17) is 0 Å². The molecular formula is C56H110CuO4. The molecule has 0 spiro atoms. The molecule has 369 valence electrons. The molecule has 0 unspecified atom stereocenters. The molecule has 0 aliphatic rings. The summed E-state index contributed by atoms with van der Waals surface area (Å²) in [6.45, 7) is 4.59. The molecule has 0 amide bonds. The number of carboxylic acids is 2. The predicted molar refractivity (Wildman–Crippen MR) is 261 cm³/mol. The molecule has 0 aliphatic heterocycles. The zero-order valence-corrected chi connectivity index (χ0v) is 42.6. The van der Waals surface area contributed by atoms with Gasteiger partial charge in [0.15, 0.2) is 0 Å². The molecule has 0 fully saturated rings. The summed E-state index contributed by atoms with van der Waals surface area (Å²) in [6, 6.07) is 0. The second kappa shape index (κ2) is 61.5.